The van der Waals surface area contributed by atoms with Gasteiger partial charge in [0.25, 0.3) is 0 Å². The predicted molar refractivity (Wildman–Crippen MR) is 72.7 cm³/mol. The molecular formula is C13H11BrClNO. The summed E-state index contributed by atoms with van der Waals surface area (Å²) in [4.78, 5) is 4.18. The summed E-state index contributed by atoms with van der Waals surface area (Å²) in [6.07, 6.45) is 1.74. The van der Waals surface area contributed by atoms with Gasteiger partial charge in [-0.25, -0.2) is 0 Å². The van der Waals surface area contributed by atoms with Gasteiger partial charge < -0.3 is 4.74 Å². The molecule has 0 N–H and O–H groups in total. The molecule has 2 aromatic rings. The van der Waals surface area contributed by atoms with Gasteiger partial charge in [0.05, 0.1) is 10.2 Å². The van der Waals surface area contributed by atoms with E-state index in [2.05, 4.69) is 20.9 Å². The van der Waals surface area contributed by atoms with Crippen molar-refractivity contribution in [3.8, 4) is 11.5 Å². The molecule has 2 nitrogen and oxygen atoms in total. The fourth-order valence-corrected chi connectivity index (χ4v) is 2.08. The van der Waals surface area contributed by atoms with E-state index in [0.717, 1.165) is 27.2 Å². The monoisotopic (exact) mass is 311 g/mol. The molecule has 0 fully saturated rings. The van der Waals surface area contributed by atoms with E-state index >= 15 is 0 Å². The molecule has 1 heterocycles. The molecule has 2 rings (SSSR count). The number of aryl methyl sites for hydroxylation is 1. The predicted octanol–water partition coefficient (Wildman–Crippen LogP) is 4.68. The lowest BCUT2D eigenvalue weighted by atomic mass is 10.2. The van der Waals surface area contributed by atoms with Crippen LogP contribution in [0.2, 0.25) is 0 Å². The van der Waals surface area contributed by atoms with Gasteiger partial charge in [-0.2, -0.15) is 0 Å². The van der Waals surface area contributed by atoms with E-state index in [1.54, 1.807) is 6.20 Å². The topological polar surface area (TPSA) is 22.1 Å². The fourth-order valence-electron chi connectivity index (χ4n) is 1.41. The highest BCUT2D eigenvalue weighted by atomic mass is 79.9. The van der Waals surface area contributed by atoms with Crippen LogP contribution in [0.5, 0.6) is 11.5 Å². The summed E-state index contributed by atoms with van der Waals surface area (Å²) in [5.41, 5.74) is 1.91. The van der Waals surface area contributed by atoms with E-state index in [1.807, 2.05) is 37.3 Å². The van der Waals surface area contributed by atoms with E-state index in [9.17, 15) is 0 Å². The number of aromatic nitrogens is 1. The third-order valence-corrected chi connectivity index (χ3v) is 3.26. The molecule has 4 heteroatoms. The van der Waals surface area contributed by atoms with Crippen LogP contribution in [-0.4, -0.2) is 4.98 Å². The Morgan fingerprint density at radius 1 is 1.29 bits per heavy atom. The Kier molecular flexibility index (Phi) is 4.02. The summed E-state index contributed by atoms with van der Waals surface area (Å²) in [5, 5.41) is 0. The van der Waals surface area contributed by atoms with Crippen molar-refractivity contribution in [3.63, 3.8) is 0 Å². The normalized spacial score (nSPS) is 10.3. The highest BCUT2D eigenvalue weighted by Crippen LogP contribution is 2.31. The van der Waals surface area contributed by atoms with Crippen molar-refractivity contribution in [3.05, 3.63) is 52.3 Å². The van der Waals surface area contributed by atoms with Crippen molar-refractivity contribution in [2.24, 2.45) is 0 Å². The molecule has 0 bridgehead atoms. The molecular weight excluding hydrogens is 302 g/mol. The molecule has 88 valence electrons. The van der Waals surface area contributed by atoms with Gasteiger partial charge in [0, 0.05) is 12.1 Å². The maximum atomic E-state index is 5.79. The van der Waals surface area contributed by atoms with Crippen molar-refractivity contribution >= 4 is 27.5 Å². The summed E-state index contributed by atoms with van der Waals surface area (Å²) < 4.78 is 6.67. The van der Waals surface area contributed by atoms with Crippen LogP contribution in [0, 0.1) is 6.92 Å². The number of halogens is 2. The van der Waals surface area contributed by atoms with Crippen LogP contribution in [0.3, 0.4) is 0 Å². The number of pyridine rings is 1. The summed E-state index contributed by atoms with van der Waals surface area (Å²) in [6.45, 7) is 1.91. The second-order valence-electron chi connectivity index (χ2n) is 3.59. The third-order valence-electron chi connectivity index (χ3n) is 2.33. The number of hydrogen-bond acceptors (Lipinski definition) is 2. The highest BCUT2D eigenvalue weighted by Gasteiger charge is 2.06. The van der Waals surface area contributed by atoms with Crippen molar-refractivity contribution < 1.29 is 4.74 Å². The van der Waals surface area contributed by atoms with Gasteiger partial charge >= 0.3 is 0 Å². The lowest BCUT2D eigenvalue weighted by molar-refractivity contribution is 0.472. The average Bonchev–Trinajstić information content (AvgIpc) is 2.34. The molecule has 0 unspecified atom stereocenters. The molecule has 0 amide bonds. The number of alkyl halides is 1. The first-order valence-corrected chi connectivity index (χ1v) is 6.47. The van der Waals surface area contributed by atoms with Crippen LogP contribution in [0.1, 0.15) is 11.3 Å². The zero-order chi connectivity index (χ0) is 12.3. The van der Waals surface area contributed by atoms with Crippen molar-refractivity contribution in [2.45, 2.75) is 12.8 Å². The van der Waals surface area contributed by atoms with Gasteiger partial charge in [0.2, 0.25) is 0 Å². The van der Waals surface area contributed by atoms with Gasteiger partial charge in [-0.1, -0.05) is 6.07 Å². The number of ether oxygens (including phenoxy) is 1. The average molecular weight is 313 g/mol. The van der Waals surface area contributed by atoms with Crippen molar-refractivity contribution in [1.29, 1.82) is 0 Å². The molecule has 0 aliphatic carbocycles. The largest absolute Gasteiger partial charge is 0.454 e. The van der Waals surface area contributed by atoms with Gasteiger partial charge in [-0.05, 0) is 52.7 Å². The number of nitrogens with zero attached hydrogens (tertiary/aromatic N) is 1. The number of benzene rings is 1. The highest BCUT2D eigenvalue weighted by molar-refractivity contribution is 9.10. The van der Waals surface area contributed by atoms with Gasteiger partial charge in [-0.3, -0.25) is 4.98 Å². The number of hydrogen-bond donors (Lipinski definition) is 0. The second kappa shape index (κ2) is 5.52. The minimum atomic E-state index is 0.491. The summed E-state index contributed by atoms with van der Waals surface area (Å²) in [6, 6.07) is 9.54. The van der Waals surface area contributed by atoms with Gasteiger partial charge in [0.15, 0.2) is 0 Å². The molecule has 1 aromatic heterocycles. The SMILES string of the molecule is Cc1ncccc1Oc1ccc(CCl)cc1Br. The Balaban J connectivity index is 2.28. The molecule has 0 aliphatic rings. The van der Waals surface area contributed by atoms with E-state index in [0.29, 0.717) is 5.88 Å². The smallest absolute Gasteiger partial charge is 0.148 e. The summed E-state index contributed by atoms with van der Waals surface area (Å²) in [5.74, 6) is 2.01. The first-order chi connectivity index (χ1) is 8.20. The first kappa shape index (κ1) is 12.4. The standard InChI is InChI=1S/C13H11BrClNO/c1-9-12(3-2-6-16-9)17-13-5-4-10(8-15)7-11(13)14/h2-7H,8H2,1H3. The van der Waals surface area contributed by atoms with Crippen molar-refractivity contribution in [2.75, 3.05) is 0 Å². The molecule has 0 aliphatic heterocycles. The van der Waals surface area contributed by atoms with E-state index in [-0.39, 0.29) is 0 Å². The minimum Gasteiger partial charge on any atom is -0.454 e. The first-order valence-electron chi connectivity index (χ1n) is 5.14. The van der Waals surface area contributed by atoms with Gasteiger partial charge in [0.1, 0.15) is 11.5 Å². The summed E-state index contributed by atoms with van der Waals surface area (Å²) in [7, 11) is 0. The Bertz CT molecular complexity index is 531. The quantitative estimate of drug-likeness (QED) is 0.767. The molecule has 0 spiro atoms. The fraction of sp³-hybridized carbons (Fsp3) is 0.154. The van der Waals surface area contributed by atoms with Crippen LogP contribution in [0.4, 0.5) is 0 Å². The molecule has 0 saturated heterocycles. The summed E-state index contributed by atoms with van der Waals surface area (Å²) >= 11 is 9.23. The lowest BCUT2D eigenvalue weighted by Gasteiger charge is -2.10. The van der Waals surface area contributed by atoms with E-state index in [1.165, 1.54) is 0 Å². The molecule has 17 heavy (non-hydrogen) atoms. The Hall–Kier alpha value is -1.06. The van der Waals surface area contributed by atoms with Crippen LogP contribution < -0.4 is 4.74 Å². The lowest BCUT2D eigenvalue weighted by Crippen LogP contribution is -1.91. The van der Waals surface area contributed by atoms with E-state index < -0.39 is 0 Å². The maximum absolute atomic E-state index is 5.79. The molecule has 1 aromatic carbocycles. The third kappa shape index (κ3) is 2.99. The minimum absolute atomic E-state index is 0.491. The zero-order valence-corrected chi connectivity index (χ0v) is 11.6. The van der Waals surface area contributed by atoms with Crippen LogP contribution in [-0.2, 0) is 5.88 Å². The molecule has 0 atom stereocenters. The van der Waals surface area contributed by atoms with E-state index in [4.69, 9.17) is 16.3 Å². The Morgan fingerprint density at radius 2 is 2.12 bits per heavy atom. The molecule has 0 saturated carbocycles. The Labute approximate surface area is 114 Å². The second-order valence-corrected chi connectivity index (χ2v) is 4.71. The van der Waals surface area contributed by atoms with Gasteiger partial charge in [-0.15, -0.1) is 11.6 Å². The maximum Gasteiger partial charge on any atom is 0.148 e. The van der Waals surface area contributed by atoms with Crippen molar-refractivity contribution in [1.82, 2.24) is 4.98 Å². The molecule has 0 radical (unpaired) electrons. The number of rotatable bonds is 3. The Morgan fingerprint density at radius 3 is 2.76 bits per heavy atom. The van der Waals surface area contributed by atoms with Crippen LogP contribution >= 0.6 is 27.5 Å². The van der Waals surface area contributed by atoms with Crippen LogP contribution in [0.15, 0.2) is 41.0 Å². The zero-order valence-electron chi connectivity index (χ0n) is 9.28. The van der Waals surface area contributed by atoms with Crippen LogP contribution in [0.25, 0.3) is 0 Å².